The molecule has 1 aromatic carbocycles. The summed E-state index contributed by atoms with van der Waals surface area (Å²) in [5.41, 5.74) is 6.36. The van der Waals surface area contributed by atoms with Gasteiger partial charge in [-0.1, -0.05) is 0 Å². The van der Waals surface area contributed by atoms with E-state index < -0.39 is 5.97 Å². The normalized spacial score (nSPS) is 9.86. The third kappa shape index (κ3) is 2.47. The predicted octanol–water partition coefficient (Wildman–Crippen LogP) is 1.03. The molecule has 0 aromatic heterocycles. The Morgan fingerprint density at radius 3 is 2.79 bits per heavy atom. The molecule has 0 spiro atoms. The summed E-state index contributed by atoms with van der Waals surface area (Å²) < 4.78 is 5.30. The van der Waals surface area contributed by atoms with Crippen LogP contribution in [0, 0.1) is 6.92 Å². The summed E-state index contributed by atoms with van der Waals surface area (Å²) in [4.78, 5) is 10.6. The number of aromatic carboxylic acids is 1. The summed E-state index contributed by atoms with van der Waals surface area (Å²) in [6, 6.07) is 4.74. The Morgan fingerprint density at radius 2 is 2.29 bits per heavy atom. The Balaban J connectivity index is 2.84. The van der Waals surface area contributed by atoms with E-state index in [1.54, 1.807) is 19.1 Å². The van der Waals surface area contributed by atoms with Crippen LogP contribution >= 0.6 is 0 Å². The van der Waals surface area contributed by atoms with E-state index in [9.17, 15) is 4.79 Å². The van der Waals surface area contributed by atoms with Crippen LogP contribution in [0.3, 0.4) is 0 Å². The van der Waals surface area contributed by atoms with Gasteiger partial charge in [0.05, 0.1) is 5.56 Å². The van der Waals surface area contributed by atoms with Crippen LogP contribution in [0.1, 0.15) is 15.9 Å². The lowest BCUT2D eigenvalue weighted by Crippen LogP contribution is -2.11. The summed E-state index contributed by atoms with van der Waals surface area (Å²) >= 11 is 0. The molecule has 4 nitrogen and oxygen atoms in total. The van der Waals surface area contributed by atoms with Gasteiger partial charge in [0, 0.05) is 6.54 Å². The van der Waals surface area contributed by atoms with Crippen molar-refractivity contribution in [2.75, 3.05) is 13.2 Å². The minimum atomic E-state index is -0.932. The van der Waals surface area contributed by atoms with E-state index in [2.05, 4.69) is 0 Å². The maximum Gasteiger partial charge on any atom is 0.335 e. The molecular weight excluding hydrogens is 182 g/mol. The summed E-state index contributed by atoms with van der Waals surface area (Å²) in [5, 5.41) is 8.72. The van der Waals surface area contributed by atoms with Crippen molar-refractivity contribution in [2.45, 2.75) is 6.92 Å². The predicted molar refractivity (Wildman–Crippen MR) is 52.7 cm³/mol. The lowest BCUT2D eigenvalue weighted by atomic mass is 10.1. The Kier molecular flexibility index (Phi) is 3.48. The summed E-state index contributed by atoms with van der Waals surface area (Å²) in [6.07, 6.45) is 0. The number of nitrogens with two attached hydrogens (primary N) is 1. The van der Waals surface area contributed by atoms with E-state index in [1.165, 1.54) is 6.07 Å². The van der Waals surface area contributed by atoms with E-state index in [1.807, 2.05) is 0 Å². The second kappa shape index (κ2) is 4.62. The maximum absolute atomic E-state index is 10.6. The van der Waals surface area contributed by atoms with Crippen LogP contribution in [-0.4, -0.2) is 24.2 Å². The van der Waals surface area contributed by atoms with Gasteiger partial charge in [0.25, 0.3) is 0 Å². The number of carboxylic acids is 1. The molecule has 3 N–H and O–H groups in total. The van der Waals surface area contributed by atoms with Crippen LogP contribution in [0.4, 0.5) is 0 Å². The molecule has 0 saturated carbocycles. The van der Waals surface area contributed by atoms with E-state index in [0.29, 0.717) is 18.9 Å². The van der Waals surface area contributed by atoms with Gasteiger partial charge in [-0.2, -0.15) is 0 Å². The molecule has 1 aromatic rings. The van der Waals surface area contributed by atoms with Gasteiger partial charge in [-0.3, -0.25) is 0 Å². The molecule has 0 fully saturated rings. The van der Waals surface area contributed by atoms with Gasteiger partial charge in [-0.15, -0.1) is 0 Å². The van der Waals surface area contributed by atoms with Gasteiger partial charge in [0.2, 0.25) is 0 Å². The minimum Gasteiger partial charge on any atom is -0.492 e. The average Bonchev–Trinajstić information content (AvgIpc) is 2.15. The topological polar surface area (TPSA) is 72.5 Å². The van der Waals surface area contributed by atoms with Crippen molar-refractivity contribution in [1.82, 2.24) is 0 Å². The minimum absolute atomic E-state index is 0.266. The molecule has 0 unspecified atom stereocenters. The highest BCUT2D eigenvalue weighted by atomic mass is 16.5. The fourth-order valence-electron chi connectivity index (χ4n) is 1.11. The molecule has 14 heavy (non-hydrogen) atoms. The average molecular weight is 195 g/mol. The largest absolute Gasteiger partial charge is 0.492 e. The second-order valence-electron chi connectivity index (χ2n) is 2.92. The van der Waals surface area contributed by atoms with Crippen molar-refractivity contribution < 1.29 is 14.6 Å². The van der Waals surface area contributed by atoms with Crippen molar-refractivity contribution in [3.63, 3.8) is 0 Å². The lowest BCUT2D eigenvalue weighted by molar-refractivity contribution is 0.0696. The van der Waals surface area contributed by atoms with Crippen LogP contribution in [0.5, 0.6) is 5.75 Å². The van der Waals surface area contributed by atoms with Gasteiger partial charge in [-0.25, -0.2) is 4.79 Å². The van der Waals surface area contributed by atoms with Crippen molar-refractivity contribution in [3.05, 3.63) is 29.3 Å². The maximum atomic E-state index is 10.6. The smallest absolute Gasteiger partial charge is 0.335 e. The van der Waals surface area contributed by atoms with Crippen molar-refractivity contribution >= 4 is 5.97 Å². The van der Waals surface area contributed by atoms with E-state index in [-0.39, 0.29) is 5.56 Å². The van der Waals surface area contributed by atoms with Crippen molar-refractivity contribution in [3.8, 4) is 5.75 Å². The summed E-state index contributed by atoms with van der Waals surface area (Å²) in [6.45, 7) is 2.69. The molecule has 0 aliphatic carbocycles. The van der Waals surface area contributed by atoms with Gasteiger partial charge < -0.3 is 15.6 Å². The van der Waals surface area contributed by atoms with Crippen LogP contribution in [0.2, 0.25) is 0 Å². The Labute approximate surface area is 82.3 Å². The third-order valence-electron chi connectivity index (χ3n) is 1.80. The highest BCUT2D eigenvalue weighted by molar-refractivity contribution is 5.88. The lowest BCUT2D eigenvalue weighted by Gasteiger charge is -2.08. The number of aryl methyl sites for hydroxylation is 1. The zero-order valence-electron chi connectivity index (χ0n) is 7.99. The molecule has 4 heteroatoms. The first-order valence-corrected chi connectivity index (χ1v) is 4.32. The molecule has 1 rings (SSSR count). The number of carbonyl (C=O) groups is 1. The molecule has 0 heterocycles. The molecule has 76 valence electrons. The third-order valence-corrected chi connectivity index (χ3v) is 1.80. The van der Waals surface area contributed by atoms with Crippen LogP contribution in [-0.2, 0) is 0 Å². The monoisotopic (exact) mass is 195 g/mol. The van der Waals surface area contributed by atoms with Gasteiger partial charge in [0.15, 0.2) is 0 Å². The van der Waals surface area contributed by atoms with E-state index in [4.69, 9.17) is 15.6 Å². The van der Waals surface area contributed by atoms with Crippen molar-refractivity contribution in [2.24, 2.45) is 5.73 Å². The molecule has 0 aliphatic rings. The summed E-state index contributed by atoms with van der Waals surface area (Å²) in [5.74, 6) is -0.251. The van der Waals surface area contributed by atoms with Crippen LogP contribution < -0.4 is 10.5 Å². The number of benzene rings is 1. The number of ether oxygens (including phenoxy) is 1. The Hall–Kier alpha value is -1.55. The molecule has 0 bridgehead atoms. The second-order valence-corrected chi connectivity index (χ2v) is 2.92. The van der Waals surface area contributed by atoms with Gasteiger partial charge in [0.1, 0.15) is 12.4 Å². The summed E-state index contributed by atoms with van der Waals surface area (Å²) in [7, 11) is 0. The number of hydrogen-bond acceptors (Lipinski definition) is 3. The molecule has 0 aliphatic heterocycles. The van der Waals surface area contributed by atoms with E-state index in [0.717, 1.165) is 5.56 Å². The molecular formula is C10H13NO3. The first-order chi connectivity index (χ1) is 6.65. The van der Waals surface area contributed by atoms with Gasteiger partial charge in [-0.05, 0) is 30.7 Å². The molecule has 0 atom stereocenters. The number of rotatable bonds is 4. The molecule has 0 radical (unpaired) electrons. The first-order valence-electron chi connectivity index (χ1n) is 4.32. The zero-order valence-corrected chi connectivity index (χ0v) is 7.99. The fourth-order valence-corrected chi connectivity index (χ4v) is 1.11. The van der Waals surface area contributed by atoms with Crippen LogP contribution in [0.15, 0.2) is 18.2 Å². The zero-order chi connectivity index (χ0) is 10.6. The standard InChI is InChI=1S/C10H13NO3/c1-7-6-8(10(12)13)2-3-9(7)14-5-4-11/h2-3,6H,4-5,11H2,1H3,(H,12,13). The van der Waals surface area contributed by atoms with Gasteiger partial charge >= 0.3 is 5.97 Å². The van der Waals surface area contributed by atoms with E-state index >= 15 is 0 Å². The van der Waals surface area contributed by atoms with Crippen molar-refractivity contribution in [1.29, 1.82) is 0 Å². The Morgan fingerprint density at radius 1 is 1.57 bits per heavy atom. The quantitative estimate of drug-likeness (QED) is 0.752. The first kappa shape index (κ1) is 10.5. The number of hydrogen-bond donors (Lipinski definition) is 2. The Bertz CT molecular complexity index is 336. The molecule has 0 amide bonds. The fraction of sp³-hybridized carbons (Fsp3) is 0.300. The molecule has 0 saturated heterocycles. The SMILES string of the molecule is Cc1cc(C(=O)O)ccc1OCCN. The highest BCUT2D eigenvalue weighted by Gasteiger charge is 2.05. The number of carboxylic acid groups (broad SMARTS) is 1. The highest BCUT2D eigenvalue weighted by Crippen LogP contribution is 2.18. The van der Waals surface area contributed by atoms with Crippen LogP contribution in [0.25, 0.3) is 0 Å².